The summed E-state index contributed by atoms with van der Waals surface area (Å²) in [5.74, 6) is -0.464. The Morgan fingerprint density at radius 3 is 2.58 bits per heavy atom. The van der Waals surface area contributed by atoms with Crippen LogP contribution in [0.3, 0.4) is 0 Å². The van der Waals surface area contributed by atoms with Gasteiger partial charge in [0.25, 0.3) is 0 Å². The summed E-state index contributed by atoms with van der Waals surface area (Å²) in [5.41, 5.74) is 2.69. The van der Waals surface area contributed by atoms with E-state index in [0.717, 1.165) is 29.3 Å². The molecule has 19 heavy (non-hydrogen) atoms. The van der Waals surface area contributed by atoms with E-state index in [9.17, 15) is 8.78 Å². The zero-order valence-corrected chi connectivity index (χ0v) is 12.1. The molecule has 2 aliphatic carbocycles. The predicted octanol–water partition coefficient (Wildman–Crippen LogP) is 4.81. The molecular weight excluding hydrogens is 312 g/mol. The lowest BCUT2D eigenvalue weighted by molar-refractivity contribution is 0.0393. The maximum absolute atomic E-state index is 12.7. The Hall–Kier alpha value is -0.770. The molecule has 2 aliphatic rings. The summed E-state index contributed by atoms with van der Waals surface area (Å²) >= 11 is 3.44. The van der Waals surface area contributed by atoms with Crippen LogP contribution in [0.25, 0.3) is 0 Å². The van der Waals surface area contributed by atoms with Crippen LogP contribution in [-0.4, -0.2) is 12.1 Å². The summed E-state index contributed by atoms with van der Waals surface area (Å²) in [7, 11) is 0. The fourth-order valence-corrected chi connectivity index (χ4v) is 3.91. The van der Waals surface area contributed by atoms with Gasteiger partial charge in [-0.3, -0.25) is 0 Å². The Kier molecular flexibility index (Phi) is 3.24. The van der Waals surface area contributed by atoms with Crippen LogP contribution in [-0.2, 0) is 6.42 Å². The van der Waals surface area contributed by atoms with Gasteiger partial charge in [-0.25, -0.2) is 8.78 Å². The molecule has 0 bridgehead atoms. The Labute approximate surface area is 120 Å². The third kappa shape index (κ3) is 2.14. The van der Waals surface area contributed by atoms with Gasteiger partial charge in [0.15, 0.2) is 0 Å². The molecule has 1 nitrogen and oxygen atoms in total. The number of fused-ring (bicyclic) bond motifs is 1. The summed E-state index contributed by atoms with van der Waals surface area (Å²) in [5, 5.41) is 8.43. The molecule has 0 unspecified atom stereocenters. The number of hydrogen-bond acceptors (Lipinski definition) is 1. The molecule has 0 amide bonds. The first-order chi connectivity index (χ1) is 9.02. The molecule has 102 valence electrons. The molecular formula is C15H16BrF2N. The fraction of sp³-hybridized carbons (Fsp3) is 0.533. The number of nitrogens with one attached hydrogen (secondary N) is 1. The zero-order chi connectivity index (χ0) is 13.6. The van der Waals surface area contributed by atoms with Gasteiger partial charge < -0.3 is 5.41 Å². The molecule has 1 fully saturated rings. The molecule has 1 spiro atoms. The maximum atomic E-state index is 12.7. The van der Waals surface area contributed by atoms with Gasteiger partial charge in [0.2, 0.25) is 6.43 Å². The molecule has 3 rings (SSSR count). The first-order valence-corrected chi connectivity index (χ1v) is 7.47. The lowest BCUT2D eigenvalue weighted by Crippen LogP contribution is -2.34. The summed E-state index contributed by atoms with van der Waals surface area (Å²) in [6.07, 6.45) is 1.21. The van der Waals surface area contributed by atoms with Crippen LogP contribution >= 0.6 is 15.9 Å². The number of halogens is 3. The maximum Gasteiger partial charge on any atom is 0.241 e. The lowest BCUT2D eigenvalue weighted by Gasteiger charge is -2.37. The molecule has 1 aromatic carbocycles. The Morgan fingerprint density at radius 1 is 1.26 bits per heavy atom. The zero-order valence-electron chi connectivity index (χ0n) is 10.6. The highest BCUT2D eigenvalue weighted by Gasteiger charge is 2.45. The number of alkyl halides is 2. The first kappa shape index (κ1) is 13.2. The minimum absolute atomic E-state index is 0.172. The largest absolute Gasteiger partial charge is 0.304 e. The number of benzene rings is 1. The average molecular weight is 328 g/mol. The van der Waals surface area contributed by atoms with Crippen molar-refractivity contribution in [3.8, 4) is 0 Å². The van der Waals surface area contributed by atoms with Gasteiger partial charge in [-0.2, -0.15) is 0 Å². The van der Waals surface area contributed by atoms with Crippen LogP contribution < -0.4 is 0 Å². The van der Waals surface area contributed by atoms with Crippen molar-refractivity contribution >= 4 is 21.6 Å². The van der Waals surface area contributed by atoms with E-state index >= 15 is 0 Å². The minimum atomic E-state index is -2.20. The molecule has 1 N–H and O–H groups in total. The Balaban J connectivity index is 1.84. The quantitative estimate of drug-likeness (QED) is 0.765. The number of hydrogen-bond donors (Lipinski definition) is 1. The van der Waals surface area contributed by atoms with Gasteiger partial charge in [-0.1, -0.05) is 22.0 Å². The van der Waals surface area contributed by atoms with E-state index in [0.29, 0.717) is 18.6 Å². The highest BCUT2D eigenvalue weighted by molar-refractivity contribution is 9.10. The molecule has 0 atom stereocenters. The minimum Gasteiger partial charge on any atom is -0.304 e. The molecule has 0 aliphatic heterocycles. The van der Waals surface area contributed by atoms with Crippen molar-refractivity contribution in [3.05, 3.63) is 33.8 Å². The highest BCUT2D eigenvalue weighted by Crippen LogP contribution is 2.49. The van der Waals surface area contributed by atoms with Gasteiger partial charge in [0.05, 0.1) is 0 Å². The van der Waals surface area contributed by atoms with E-state index < -0.39 is 12.3 Å². The van der Waals surface area contributed by atoms with Crippen molar-refractivity contribution in [1.82, 2.24) is 0 Å². The lowest BCUT2D eigenvalue weighted by atomic mass is 9.68. The van der Waals surface area contributed by atoms with Crippen LogP contribution in [0.1, 0.15) is 36.8 Å². The molecule has 0 saturated heterocycles. The van der Waals surface area contributed by atoms with Crippen LogP contribution in [0.15, 0.2) is 22.7 Å². The normalized spacial score (nSPS) is 30.1. The summed E-state index contributed by atoms with van der Waals surface area (Å²) in [6, 6.07) is 6.05. The van der Waals surface area contributed by atoms with Gasteiger partial charge in [-0.05, 0) is 49.8 Å². The summed E-state index contributed by atoms with van der Waals surface area (Å²) < 4.78 is 26.5. The van der Waals surface area contributed by atoms with Gasteiger partial charge in [-0.15, -0.1) is 0 Å². The molecule has 0 radical (unpaired) electrons. The van der Waals surface area contributed by atoms with E-state index in [1.807, 2.05) is 12.1 Å². The molecule has 1 aromatic rings. The summed E-state index contributed by atoms with van der Waals surface area (Å²) in [6.45, 7) is 0. The highest BCUT2D eigenvalue weighted by atomic mass is 79.9. The van der Waals surface area contributed by atoms with Crippen molar-refractivity contribution in [3.63, 3.8) is 0 Å². The topological polar surface area (TPSA) is 23.9 Å². The molecule has 1 saturated carbocycles. The van der Waals surface area contributed by atoms with Crippen LogP contribution in [0, 0.1) is 16.7 Å². The third-order valence-electron chi connectivity index (χ3n) is 4.74. The second kappa shape index (κ2) is 4.65. The molecule has 0 heterocycles. The predicted molar refractivity (Wildman–Crippen MR) is 75.1 cm³/mol. The SMILES string of the molecule is N=C1c2cc(Br)ccc2CC12CCC(C(F)F)CC2. The van der Waals surface area contributed by atoms with Gasteiger partial charge >= 0.3 is 0 Å². The average Bonchev–Trinajstić information content (AvgIpc) is 2.64. The standard InChI is InChI=1S/C15H16BrF2N/c16-11-2-1-10-8-15(13(19)12(10)7-11)5-3-9(4-6-15)14(17)18/h1-2,7,9,14,19H,3-6,8H2. The van der Waals surface area contributed by atoms with Crippen molar-refractivity contribution in [2.75, 3.05) is 0 Å². The van der Waals surface area contributed by atoms with Crippen molar-refractivity contribution in [2.45, 2.75) is 38.5 Å². The van der Waals surface area contributed by atoms with Crippen LogP contribution in [0.4, 0.5) is 8.78 Å². The second-order valence-corrected chi connectivity index (χ2v) is 6.72. The Morgan fingerprint density at radius 2 is 1.95 bits per heavy atom. The monoisotopic (exact) mass is 327 g/mol. The van der Waals surface area contributed by atoms with Crippen LogP contribution in [0.5, 0.6) is 0 Å². The third-order valence-corrected chi connectivity index (χ3v) is 5.24. The summed E-state index contributed by atoms with van der Waals surface area (Å²) in [4.78, 5) is 0. The van der Waals surface area contributed by atoms with E-state index in [2.05, 4.69) is 22.0 Å². The number of rotatable bonds is 1. The van der Waals surface area contributed by atoms with Gasteiger partial charge in [0, 0.05) is 27.1 Å². The smallest absolute Gasteiger partial charge is 0.241 e. The first-order valence-electron chi connectivity index (χ1n) is 6.68. The second-order valence-electron chi connectivity index (χ2n) is 5.81. The Bertz CT molecular complexity index is 519. The van der Waals surface area contributed by atoms with E-state index in [4.69, 9.17) is 5.41 Å². The van der Waals surface area contributed by atoms with Crippen molar-refractivity contribution in [1.29, 1.82) is 5.41 Å². The fourth-order valence-electron chi connectivity index (χ4n) is 3.55. The molecule has 4 heteroatoms. The van der Waals surface area contributed by atoms with Crippen molar-refractivity contribution in [2.24, 2.45) is 11.3 Å². The molecule has 0 aromatic heterocycles. The van der Waals surface area contributed by atoms with Gasteiger partial charge in [0.1, 0.15) is 0 Å². The van der Waals surface area contributed by atoms with E-state index in [1.54, 1.807) is 0 Å². The van der Waals surface area contributed by atoms with Crippen LogP contribution in [0.2, 0.25) is 0 Å². The van der Waals surface area contributed by atoms with E-state index in [-0.39, 0.29) is 5.41 Å². The van der Waals surface area contributed by atoms with E-state index in [1.165, 1.54) is 5.56 Å². The van der Waals surface area contributed by atoms with Crippen molar-refractivity contribution < 1.29 is 8.78 Å².